The predicted molar refractivity (Wildman–Crippen MR) is 172 cm³/mol. The third kappa shape index (κ3) is 10.3. The molecule has 42 heavy (non-hydrogen) atoms. The predicted octanol–water partition coefficient (Wildman–Crippen LogP) is 6.24. The summed E-state index contributed by atoms with van der Waals surface area (Å²) in [5, 5.41) is 9.46. The van der Waals surface area contributed by atoms with E-state index in [9.17, 15) is 9.90 Å². The molecule has 236 valence electrons. The Morgan fingerprint density at radius 3 is 2.02 bits per heavy atom. The highest BCUT2D eigenvalue weighted by atomic mass is 16.7. The number of benzene rings is 2. The highest BCUT2D eigenvalue weighted by molar-refractivity contribution is 6.62. The number of amides is 1. The standard InChI is InChI=1S/C28H40BNO6.C3H8O.C2H6/c1-26(2,3)34-25(32)30(8)18-20-17-21(29-35-27(4,5)28(6,7)36-29)11-12-22(20)23-16-19(14-15-31)10-13-24(23)33-9;1-3-4-2;1-2/h10-13,16-17,31H,14-15,18H2,1-9H3;3H2,1-2H3;1-2H3. The Morgan fingerprint density at radius 2 is 1.55 bits per heavy atom. The SMILES string of the molecule is CC.CCOC.COc1ccc(CCO)cc1-c1ccc(B2OC(C)(C)C(C)(C)O2)cc1CN(C)C(=O)OC(C)(C)C. The number of carbonyl (C=O) groups is 1. The Labute approximate surface area is 254 Å². The fourth-order valence-corrected chi connectivity index (χ4v) is 4.04. The third-order valence-electron chi connectivity index (χ3n) is 7.01. The molecule has 1 heterocycles. The third-order valence-corrected chi connectivity index (χ3v) is 7.01. The molecule has 1 amide bonds. The molecular formula is C33H54BNO7. The monoisotopic (exact) mass is 587 g/mol. The molecule has 0 saturated carbocycles. The number of rotatable bonds is 8. The van der Waals surface area contributed by atoms with Crippen LogP contribution in [0.25, 0.3) is 11.1 Å². The lowest BCUT2D eigenvalue weighted by Gasteiger charge is -2.32. The average Bonchev–Trinajstić information content (AvgIpc) is 3.15. The maximum absolute atomic E-state index is 12.8. The molecule has 0 aromatic heterocycles. The number of aliphatic hydroxyl groups excluding tert-OH is 1. The maximum Gasteiger partial charge on any atom is 0.494 e. The van der Waals surface area contributed by atoms with Gasteiger partial charge in [0.2, 0.25) is 0 Å². The van der Waals surface area contributed by atoms with Gasteiger partial charge in [-0.3, -0.25) is 0 Å². The quantitative estimate of drug-likeness (QED) is 0.366. The first-order chi connectivity index (χ1) is 19.6. The smallest absolute Gasteiger partial charge is 0.494 e. The van der Waals surface area contributed by atoms with E-state index < -0.39 is 30.0 Å². The molecule has 3 rings (SSSR count). The van der Waals surface area contributed by atoms with Crippen molar-refractivity contribution < 1.29 is 33.4 Å². The van der Waals surface area contributed by atoms with E-state index in [1.54, 1.807) is 26.2 Å². The van der Waals surface area contributed by atoms with Crippen LogP contribution in [0, 0.1) is 0 Å². The van der Waals surface area contributed by atoms with Crippen LogP contribution in [0.4, 0.5) is 4.79 Å². The molecule has 1 saturated heterocycles. The summed E-state index contributed by atoms with van der Waals surface area (Å²) in [5.41, 5.74) is 3.04. The van der Waals surface area contributed by atoms with Gasteiger partial charge in [0.1, 0.15) is 11.4 Å². The molecule has 0 aliphatic carbocycles. The lowest BCUT2D eigenvalue weighted by atomic mass is 9.77. The molecule has 2 aromatic rings. The zero-order valence-electron chi connectivity index (χ0n) is 28.2. The van der Waals surface area contributed by atoms with Crippen molar-refractivity contribution in [2.24, 2.45) is 0 Å². The summed E-state index contributed by atoms with van der Waals surface area (Å²) in [4.78, 5) is 14.3. The Bertz CT molecular complexity index is 1110. The molecule has 9 heteroatoms. The molecular weight excluding hydrogens is 533 g/mol. The second kappa shape index (κ2) is 16.3. The van der Waals surface area contributed by atoms with Crippen LogP contribution in [0.1, 0.15) is 80.4 Å². The fourth-order valence-electron chi connectivity index (χ4n) is 4.04. The largest absolute Gasteiger partial charge is 0.496 e. The minimum absolute atomic E-state index is 0.0564. The lowest BCUT2D eigenvalue weighted by Crippen LogP contribution is -2.41. The van der Waals surface area contributed by atoms with Crippen LogP contribution in [-0.4, -0.2) is 74.5 Å². The van der Waals surface area contributed by atoms with E-state index in [-0.39, 0.29) is 6.61 Å². The minimum atomic E-state index is -0.597. The number of hydrogen-bond donors (Lipinski definition) is 1. The molecule has 0 unspecified atom stereocenters. The topological polar surface area (TPSA) is 86.7 Å². The van der Waals surface area contributed by atoms with Crippen molar-refractivity contribution >= 4 is 18.7 Å². The van der Waals surface area contributed by atoms with Gasteiger partial charge in [0.25, 0.3) is 0 Å². The lowest BCUT2D eigenvalue weighted by molar-refractivity contribution is 0.00578. The summed E-state index contributed by atoms with van der Waals surface area (Å²) in [7, 11) is 4.51. The van der Waals surface area contributed by atoms with Crippen molar-refractivity contribution in [3.05, 3.63) is 47.5 Å². The van der Waals surface area contributed by atoms with E-state index in [0.29, 0.717) is 18.7 Å². The average molecular weight is 588 g/mol. The fraction of sp³-hybridized carbons (Fsp3) is 0.606. The summed E-state index contributed by atoms with van der Waals surface area (Å²) in [5.74, 6) is 0.709. The normalized spacial score (nSPS) is 15.1. The van der Waals surface area contributed by atoms with Gasteiger partial charge in [-0.15, -0.1) is 0 Å². The first-order valence-electron chi connectivity index (χ1n) is 14.8. The second-order valence-electron chi connectivity index (χ2n) is 11.9. The highest BCUT2D eigenvalue weighted by Crippen LogP contribution is 2.38. The molecule has 1 aliphatic heterocycles. The summed E-state index contributed by atoms with van der Waals surface area (Å²) >= 11 is 0. The number of ether oxygens (including phenoxy) is 3. The second-order valence-corrected chi connectivity index (χ2v) is 11.9. The van der Waals surface area contributed by atoms with Crippen molar-refractivity contribution in [3.63, 3.8) is 0 Å². The number of hydrogen-bond acceptors (Lipinski definition) is 7. The Hall–Kier alpha value is -2.59. The summed E-state index contributed by atoms with van der Waals surface area (Å²) < 4.78 is 28.4. The zero-order valence-corrected chi connectivity index (χ0v) is 28.2. The van der Waals surface area contributed by atoms with Crippen molar-refractivity contribution in [1.29, 1.82) is 0 Å². The van der Waals surface area contributed by atoms with E-state index in [4.69, 9.17) is 18.8 Å². The van der Waals surface area contributed by atoms with E-state index >= 15 is 0 Å². The Balaban J connectivity index is 0.00000135. The zero-order chi connectivity index (χ0) is 32.3. The molecule has 0 spiro atoms. The van der Waals surface area contributed by atoms with Gasteiger partial charge in [0.05, 0.1) is 18.3 Å². The van der Waals surface area contributed by atoms with Gasteiger partial charge in [-0.25, -0.2) is 4.79 Å². The van der Waals surface area contributed by atoms with Crippen LogP contribution in [0.2, 0.25) is 0 Å². The number of nitrogens with zero attached hydrogens (tertiary/aromatic N) is 1. The number of aliphatic hydroxyl groups is 1. The van der Waals surface area contributed by atoms with Gasteiger partial charge in [-0.1, -0.05) is 38.1 Å². The van der Waals surface area contributed by atoms with E-state index in [1.807, 2.05) is 106 Å². The van der Waals surface area contributed by atoms with Crippen LogP contribution in [0.5, 0.6) is 5.75 Å². The van der Waals surface area contributed by atoms with Gasteiger partial charge in [0.15, 0.2) is 0 Å². The van der Waals surface area contributed by atoms with Crippen LogP contribution in [0.3, 0.4) is 0 Å². The van der Waals surface area contributed by atoms with E-state index in [0.717, 1.165) is 34.3 Å². The minimum Gasteiger partial charge on any atom is -0.496 e. The van der Waals surface area contributed by atoms with Gasteiger partial charge >= 0.3 is 13.2 Å². The van der Waals surface area contributed by atoms with Crippen molar-refractivity contribution in [3.8, 4) is 16.9 Å². The highest BCUT2D eigenvalue weighted by Gasteiger charge is 2.51. The molecule has 0 bridgehead atoms. The van der Waals surface area contributed by atoms with Gasteiger partial charge in [-0.2, -0.15) is 0 Å². The van der Waals surface area contributed by atoms with Crippen molar-refractivity contribution in [2.45, 2.75) is 99.0 Å². The Kier molecular flexibility index (Phi) is 14.5. The number of methoxy groups -OCH3 is 2. The van der Waals surface area contributed by atoms with Crippen LogP contribution in [-0.2, 0) is 31.7 Å². The van der Waals surface area contributed by atoms with Crippen LogP contribution >= 0.6 is 0 Å². The molecule has 2 aromatic carbocycles. The first kappa shape index (κ1) is 37.4. The molecule has 8 nitrogen and oxygen atoms in total. The first-order valence-corrected chi connectivity index (χ1v) is 14.8. The van der Waals surface area contributed by atoms with E-state index in [1.165, 1.54) is 0 Å². The van der Waals surface area contributed by atoms with Crippen molar-refractivity contribution in [1.82, 2.24) is 4.90 Å². The molecule has 1 N–H and O–H groups in total. The van der Waals surface area contributed by atoms with Gasteiger partial charge < -0.3 is 33.5 Å². The summed E-state index contributed by atoms with van der Waals surface area (Å²) in [6.45, 7) is 20.8. The molecule has 1 aliphatic rings. The van der Waals surface area contributed by atoms with Crippen molar-refractivity contribution in [2.75, 3.05) is 34.5 Å². The molecule has 0 radical (unpaired) electrons. The van der Waals surface area contributed by atoms with Gasteiger partial charge in [0, 0.05) is 39.5 Å². The van der Waals surface area contributed by atoms with Crippen LogP contribution < -0.4 is 10.2 Å². The Morgan fingerprint density at radius 1 is 0.976 bits per heavy atom. The number of carbonyl (C=O) groups excluding carboxylic acids is 1. The summed E-state index contributed by atoms with van der Waals surface area (Å²) in [6.07, 6.45) is 0.131. The molecule has 0 atom stereocenters. The molecule has 1 fully saturated rings. The van der Waals surface area contributed by atoms with Gasteiger partial charge in [-0.05, 0) is 96.1 Å². The summed E-state index contributed by atoms with van der Waals surface area (Å²) in [6, 6.07) is 11.9. The van der Waals surface area contributed by atoms with Crippen LogP contribution in [0.15, 0.2) is 36.4 Å². The maximum atomic E-state index is 12.8. The van der Waals surface area contributed by atoms with E-state index in [2.05, 4.69) is 4.74 Å².